The molecule has 0 radical (unpaired) electrons. The van der Waals surface area contributed by atoms with E-state index >= 15 is 0 Å². The summed E-state index contributed by atoms with van der Waals surface area (Å²) in [5, 5.41) is 7.22. The smallest absolute Gasteiger partial charge is 0.275 e. The molecule has 7 nitrogen and oxygen atoms in total. The Morgan fingerprint density at radius 1 is 1.10 bits per heavy atom. The number of aromatic nitrogens is 4. The number of benzene rings is 2. The summed E-state index contributed by atoms with van der Waals surface area (Å²) >= 11 is 3.37. The molecule has 0 spiro atoms. The highest BCUT2D eigenvalue weighted by molar-refractivity contribution is 9.10. The second-order valence-corrected chi connectivity index (χ2v) is 7.70. The fraction of sp³-hybridized carbons (Fsp3) is 0.143. The third kappa shape index (κ3) is 3.97. The van der Waals surface area contributed by atoms with E-state index in [4.69, 9.17) is 0 Å². The molecule has 4 aromatic rings. The van der Waals surface area contributed by atoms with E-state index in [0.717, 1.165) is 15.6 Å². The van der Waals surface area contributed by atoms with Gasteiger partial charge in [-0.1, -0.05) is 39.7 Å². The van der Waals surface area contributed by atoms with E-state index in [1.54, 1.807) is 11.5 Å². The SMILES string of the molecule is Cc1cccc(-c2nc3n(CC(=O)Nc4ccc(Br)cc4)c(C)cc(=O)n3n2)c1. The van der Waals surface area contributed by atoms with Gasteiger partial charge in [-0.3, -0.25) is 9.59 Å². The van der Waals surface area contributed by atoms with Crippen LogP contribution in [0.4, 0.5) is 5.69 Å². The molecule has 1 N–H and O–H groups in total. The van der Waals surface area contributed by atoms with Crippen molar-refractivity contribution in [2.75, 3.05) is 5.32 Å². The van der Waals surface area contributed by atoms with Gasteiger partial charge in [-0.25, -0.2) is 0 Å². The molecule has 2 aromatic heterocycles. The summed E-state index contributed by atoms with van der Waals surface area (Å²) in [6.45, 7) is 3.77. The second-order valence-electron chi connectivity index (χ2n) is 6.78. The van der Waals surface area contributed by atoms with Crippen LogP contribution in [0, 0.1) is 13.8 Å². The van der Waals surface area contributed by atoms with Gasteiger partial charge in [0.25, 0.3) is 5.56 Å². The van der Waals surface area contributed by atoms with Gasteiger partial charge in [-0.15, -0.1) is 5.10 Å². The Hall–Kier alpha value is -3.26. The molecule has 29 heavy (non-hydrogen) atoms. The molecule has 0 atom stereocenters. The van der Waals surface area contributed by atoms with Crippen molar-refractivity contribution in [3.8, 4) is 11.4 Å². The van der Waals surface area contributed by atoms with Crippen molar-refractivity contribution < 1.29 is 4.79 Å². The van der Waals surface area contributed by atoms with Crippen LogP contribution >= 0.6 is 15.9 Å². The standard InChI is InChI=1S/C21H18BrN5O2/c1-13-4-3-5-15(10-13)20-24-21-26(14(2)11-19(29)27(21)25-20)12-18(28)23-17-8-6-16(22)7-9-17/h3-11H,12H2,1-2H3,(H,23,28). The van der Waals surface area contributed by atoms with Crippen molar-refractivity contribution in [3.05, 3.63) is 80.7 Å². The van der Waals surface area contributed by atoms with Crippen molar-refractivity contribution in [3.63, 3.8) is 0 Å². The first-order valence-electron chi connectivity index (χ1n) is 9.00. The Morgan fingerprint density at radius 3 is 2.59 bits per heavy atom. The summed E-state index contributed by atoms with van der Waals surface area (Å²) in [5.74, 6) is 0.553. The maximum atomic E-state index is 12.6. The van der Waals surface area contributed by atoms with Crippen LogP contribution in [0.5, 0.6) is 0 Å². The molecule has 1 amide bonds. The van der Waals surface area contributed by atoms with Crippen LogP contribution in [-0.2, 0) is 11.3 Å². The highest BCUT2D eigenvalue weighted by Gasteiger charge is 2.15. The Kier molecular flexibility index (Phi) is 5.02. The number of anilines is 1. The van der Waals surface area contributed by atoms with E-state index in [1.807, 2.05) is 55.5 Å². The van der Waals surface area contributed by atoms with Crippen LogP contribution < -0.4 is 10.9 Å². The van der Waals surface area contributed by atoms with Crippen LogP contribution in [0.1, 0.15) is 11.3 Å². The van der Waals surface area contributed by atoms with Crippen molar-refractivity contribution in [1.29, 1.82) is 0 Å². The van der Waals surface area contributed by atoms with Crippen molar-refractivity contribution in [2.45, 2.75) is 20.4 Å². The van der Waals surface area contributed by atoms with E-state index in [-0.39, 0.29) is 18.0 Å². The molecule has 0 saturated heterocycles. The number of hydrogen-bond donors (Lipinski definition) is 1. The first-order chi connectivity index (χ1) is 13.9. The summed E-state index contributed by atoms with van der Waals surface area (Å²) in [4.78, 5) is 29.6. The molecule has 2 heterocycles. The van der Waals surface area contributed by atoms with Crippen LogP contribution in [0.2, 0.25) is 0 Å². The lowest BCUT2D eigenvalue weighted by Crippen LogP contribution is -2.25. The van der Waals surface area contributed by atoms with Crippen LogP contribution in [0.3, 0.4) is 0 Å². The first kappa shape index (κ1) is 19.1. The Morgan fingerprint density at radius 2 is 1.86 bits per heavy atom. The average molecular weight is 452 g/mol. The predicted octanol–water partition coefficient (Wildman–Crippen LogP) is 3.58. The van der Waals surface area contributed by atoms with Gasteiger partial charge in [0.05, 0.1) is 0 Å². The number of halogens is 1. The molecular weight excluding hydrogens is 434 g/mol. The number of aryl methyl sites for hydroxylation is 2. The number of carbonyl (C=O) groups excluding carboxylic acids is 1. The number of amides is 1. The fourth-order valence-corrected chi connectivity index (χ4v) is 3.35. The fourth-order valence-electron chi connectivity index (χ4n) is 3.08. The minimum atomic E-state index is -0.284. The highest BCUT2D eigenvalue weighted by Crippen LogP contribution is 2.18. The molecule has 0 unspecified atom stereocenters. The highest BCUT2D eigenvalue weighted by atomic mass is 79.9. The van der Waals surface area contributed by atoms with E-state index in [9.17, 15) is 9.59 Å². The zero-order chi connectivity index (χ0) is 20.5. The zero-order valence-electron chi connectivity index (χ0n) is 15.9. The molecule has 2 aromatic carbocycles. The lowest BCUT2D eigenvalue weighted by Gasteiger charge is -2.11. The Balaban J connectivity index is 1.71. The molecule has 0 fully saturated rings. The van der Waals surface area contributed by atoms with E-state index in [2.05, 4.69) is 31.3 Å². The first-order valence-corrected chi connectivity index (χ1v) is 9.80. The van der Waals surface area contributed by atoms with Gasteiger partial charge >= 0.3 is 0 Å². The topological polar surface area (TPSA) is 81.3 Å². The summed E-state index contributed by atoms with van der Waals surface area (Å²) in [6.07, 6.45) is 0. The Labute approximate surface area is 175 Å². The van der Waals surface area contributed by atoms with Crippen LogP contribution in [0.15, 0.2) is 63.9 Å². The minimum absolute atomic E-state index is 0.0115. The van der Waals surface area contributed by atoms with Gasteiger partial charge in [0.1, 0.15) is 6.54 Å². The number of fused-ring (bicyclic) bond motifs is 1. The monoisotopic (exact) mass is 451 g/mol. The van der Waals surface area contributed by atoms with Crippen LogP contribution in [-0.4, -0.2) is 25.1 Å². The summed E-state index contributed by atoms with van der Waals surface area (Å²) in [5.41, 5.74) is 2.93. The minimum Gasteiger partial charge on any atom is -0.325 e. The molecule has 0 bridgehead atoms. The molecule has 0 aliphatic carbocycles. The summed E-state index contributed by atoms with van der Waals surface area (Å²) < 4.78 is 3.85. The van der Waals surface area contributed by atoms with Crippen molar-refractivity contribution >= 4 is 33.3 Å². The largest absolute Gasteiger partial charge is 0.325 e. The van der Waals surface area contributed by atoms with Gasteiger partial charge in [0.2, 0.25) is 11.7 Å². The molecule has 0 saturated carbocycles. The predicted molar refractivity (Wildman–Crippen MR) is 115 cm³/mol. The van der Waals surface area contributed by atoms with E-state index in [0.29, 0.717) is 23.0 Å². The number of rotatable bonds is 4. The number of hydrogen-bond acceptors (Lipinski definition) is 4. The second kappa shape index (κ2) is 7.63. The number of carbonyl (C=O) groups is 1. The van der Waals surface area contributed by atoms with Gasteiger partial charge in [-0.2, -0.15) is 9.50 Å². The van der Waals surface area contributed by atoms with E-state index < -0.39 is 0 Å². The lowest BCUT2D eigenvalue weighted by molar-refractivity contribution is -0.116. The number of nitrogens with one attached hydrogen (secondary N) is 1. The normalized spacial score (nSPS) is 11.0. The van der Waals surface area contributed by atoms with Crippen molar-refractivity contribution in [1.82, 2.24) is 19.2 Å². The van der Waals surface area contributed by atoms with Gasteiger partial charge in [0, 0.05) is 27.5 Å². The third-order valence-corrected chi connectivity index (χ3v) is 5.03. The lowest BCUT2D eigenvalue weighted by atomic mass is 10.1. The summed E-state index contributed by atoms with van der Waals surface area (Å²) in [7, 11) is 0. The quantitative estimate of drug-likeness (QED) is 0.514. The van der Waals surface area contributed by atoms with Gasteiger partial charge in [-0.05, 0) is 44.2 Å². The van der Waals surface area contributed by atoms with Crippen LogP contribution in [0.25, 0.3) is 17.2 Å². The molecule has 0 aliphatic heterocycles. The van der Waals surface area contributed by atoms with Gasteiger partial charge < -0.3 is 9.88 Å². The molecule has 146 valence electrons. The third-order valence-electron chi connectivity index (χ3n) is 4.50. The maximum absolute atomic E-state index is 12.6. The molecule has 4 rings (SSSR count). The summed E-state index contributed by atoms with van der Waals surface area (Å²) in [6, 6.07) is 16.5. The molecule has 0 aliphatic rings. The van der Waals surface area contributed by atoms with Crippen molar-refractivity contribution in [2.24, 2.45) is 0 Å². The molecule has 8 heteroatoms. The number of nitrogens with zero attached hydrogens (tertiary/aromatic N) is 4. The molecular formula is C21H18BrN5O2. The maximum Gasteiger partial charge on any atom is 0.275 e. The zero-order valence-corrected chi connectivity index (χ0v) is 17.5. The van der Waals surface area contributed by atoms with Gasteiger partial charge in [0.15, 0.2) is 5.82 Å². The average Bonchev–Trinajstić information content (AvgIpc) is 3.13. The Bertz CT molecular complexity index is 1270. The van der Waals surface area contributed by atoms with E-state index in [1.165, 1.54) is 10.6 Å².